The van der Waals surface area contributed by atoms with Gasteiger partial charge in [0.1, 0.15) is 5.75 Å². The van der Waals surface area contributed by atoms with Crippen molar-refractivity contribution in [1.82, 2.24) is 5.32 Å². The number of nitrogens with two attached hydrogens (primary N) is 1. The Kier molecular flexibility index (Phi) is 5.73. The number of carbonyl (C=O) groups is 1. The Hall–Kier alpha value is -2.49. The van der Waals surface area contributed by atoms with Gasteiger partial charge in [0, 0.05) is 5.69 Å². The van der Waals surface area contributed by atoms with E-state index < -0.39 is 15.9 Å². The second-order valence-corrected chi connectivity index (χ2v) is 7.10. The van der Waals surface area contributed by atoms with Crippen molar-refractivity contribution in [2.45, 2.75) is 11.8 Å². The van der Waals surface area contributed by atoms with Crippen LogP contribution in [0.5, 0.6) is 5.75 Å². The van der Waals surface area contributed by atoms with E-state index in [-0.39, 0.29) is 10.0 Å². The Balaban J connectivity index is 2.08. The van der Waals surface area contributed by atoms with Gasteiger partial charge in [-0.1, -0.05) is 12.1 Å². The van der Waals surface area contributed by atoms with Crippen molar-refractivity contribution in [2.24, 2.45) is 5.14 Å². The third kappa shape index (κ3) is 4.75. The summed E-state index contributed by atoms with van der Waals surface area (Å²) < 4.78 is 27.7. The van der Waals surface area contributed by atoms with Crippen LogP contribution < -0.4 is 20.5 Å². The maximum absolute atomic E-state index is 12.3. The molecule has 0 saturated carbocycles. The highest BCUT2D eigenvalue weighted by atomic mass is 32.2. The van der Waals surface area contributed by atoms with Crippen molar-refractivity contribution in [3.05, 3.63) is 53.6 Å². The van der Waals surface area contributed by atoms with E-state index in [9.17, 15) is 13.2 Å². The second kappa shape index (κ2) is 7.60. The first-order valence-corrected chi connectivity index (χ1v) is 9.06. The second-order valence-electron chi connectivity index (χ2n) is 5.13. The first kappa shape index (κ1) is 18.8. The predicted molar refractivity (Wildman–Crippen MR) is 99.2 cm³/mol. The van der Waals surface area contributed by atoms with Crippen molar-refractivity contribution in [1.29, 1.82) is 0 Å². The number of sulfonamides is 1. The average Bonchev–Trinajstić information content (AvgIpc) is 2.54. The van der Waals surface area contributed by atoms with Crippen LogP contribution in [0.25, 0.3) is 0 Å². The maximum atomic E-state index is 12.3. The van der Waals surface area contributed by atoms with Crippen molar-refractivity contribution >= 4 is 38.9 Å². The number of aryl methyl sites for hydroxylation is 1. The molecular formula is C16H17N3O4S2. The molecule has 0 radical (unpaired) electrons. The highest BCUT2D eigenvalue weighted by Gasteiger charge is 2.15. The van der Waals surface area contributed by atoms with Crippen molar-refractivity contribution < 1.29 is 17.9 Å². The normalized spacial score (nSPS) is 10.8. The summed E-state index contributed by atoms with van der Waals surface area (Å²) in [6, 6.07) is 10.9. The molecule has 4 N–H and O–H groups in total. The Morgan fingerprint density at radius 2 is 1.80 bits per heavy atom. The van der Waals surface area contributed by atoms with Gasteiger partial charge >= 0.3 is 0 Å². The minimum absolute atomic E-state index is 0.0162. The molecule has 0 spiro atoms. The van der Waals surface area contributed by atoms with Gasteiger partial charge in [0.2, 0.25) is 10.0 Å². The van der Waals surface area contributed by atoms with E-state index in [1.165, 1.54) is 31.4 Å². The van der Waals surface area contributed by atoms with Crippen LogP contribution in [-0.2, 0) is 10.0 Å². The Labute approximate surface area is 151 Å². The largest absolute Gasteiger partial charge is 0.496 e. The molecule has 0 aliphatic heterocycles. The number of anilines is 1. The lowest BCUT2D eigenvalue weighted by Crippen LogP contribution is -2.34. The van der Waals surface area contributed by atoms with Crippen molar-refractivity contribution in [2.75, 3.05) is 12.4 Å². The molecule has 0 heterocycles. The van der Waals surface area contributed by atoms with Gasteiger partial charge in [0.15, 0.2) is 5.11 Å². The van der Waals surface area contributed by atoms with Gasteiger partial charge < -0.3 is 10.1 Å². The van der Waals surface area contributed by atoms with E-state index in [2.05, 4.69) is 10.6 Å². The molecule has 0 saturated heterocycles. The Morgan fingerprint density at radius 3 is 2.36 bits per heavy atom. The summed E-state index contributed by atoms with van der Waals surface area (Å²) in [5.41, 5.74) is 1.69. The predicted octanol–water partition coefficient (Wildman–Crippen LogP) is 1.78. The molecule has 2 aromatic carbocycles. The molecule has 7 nitrogen and oxygen atoms in total. The van der Waals surface area contributed by atoms with Gasteiger partial charge in [-0.15, -0.1) is 0 Å². The summed E-state index contributed by atoms with van der Waals surface area (Å²) in [6.45, 7) is 1.83. The molecule has 1 amide bonds. The van der Waals surface area contributed by atoms with Crippen LogP contribution in [-0.4, -0.2) is 26.5 Å². The number of thiocarbonyl (C=S) groups is 1. The zero-order chi connectivity index (χ0) is 18.6. The number of amides is 1. The molecule has 0 unspecified atom stereocenters. The molecule has 0 aliphatic carbocycles. The zero-order valence-corrected chi connectivity index (χ0v) is 15.2. The topological polar surface area (TPSA) is 111 Å². The number of primary sulfonamides is 1. The van der Waals surface area contributed by atoms with Crippen LogP contribution in [0.15, 0.2) is 47.4 Å². The first-order chi connectivity index (χ1) is 11.7. The highest BCUT2D eigenvalue weighted by molar-refractivity contribution is 7.89. The third-order valence-corrected chi connectivity index (χ3v) is 4.46. The summed E-state index contributed by atoms with van der Waals surface area (Å²) in [5.74, 6) is 0.0551. The monoisotopic (exact) mass is 379 g/mol. The fourth-order valence-corrected chi connectivity index (χ4v) is 2.89. The van der Waals surface area contributed by atoms with E-state index in [1.54, 1.807) is 12.1 Å². The van der Waals surface area contributed by atoms with E-state index >= 15 is 0 Å². The summed E-state index contributed by atoms with van der Waals surface area (Å²) in [4.78, 5) is 12.3. The molecule has 0 atom stereocenters. The fourth-order valence-electron chi connectivity index (χ4n) is 2.16. The lowest BCUT2D eigenvalue weighted by atomic mass is 10.1. The zero-order valence-electron chi connectivity index (χ0n) is 13.6. The number of carbonyl (C=O) groups excluding carboxylic acids is 1. The Morgan fingerprint density at radius 1 is 1.16 bits per heavy atom. The molecule has 0 aromatic heterocycles. The lowest BCUT2D eigenvalue weighted by Gasteiger charge is -2.13. The molecule has 0 fully saturated rings. The molecule has 0 aliphatic rings. The number of benzene rings is 2. The van der Waals surface area contributed by atoms with E-state index in [1.807, 2.05) is 13.0 Å². The van der Waals surface area contributed by atoms with Crippen LogP contribution in [0, 0.1) is 6.92 Å². The summed E-state index contributed by atoms with van der Waals surface area (Å²) in [5, 5.41) is 10.4. The molecule has 25 heavy (non-hydrogen) atoms. The van der Waals surface area contributed by atoms with E-state index in [0.717, 1.165) is 5.56 Å². The quantitative estimate of drug-likeness (QED) is 0.699. The molecule has 0 bridgehead atoms. The van der Waals surface area contributed by atoms with Crippen LogP contribution in [0.4, 0.5) is 5.69 Å². The van der Waals surface area contributed by atoms with Crippen LogP contribution in [0.1, 0.15) is 15.9 Å². The number of rotatable bonds is 4. The number of para-hydroxylation sites is 1. The van der Waals surface area contributed by atoms with Crippen molar-refractivity contribution in [3.8, 4) is 5.75 Å². The number of hydrogen-bond acceptors (Lipinski definition) is 5. The standard InChI is InChI=1S/C16H17N3O4S2/c1-10-4-3-5-13(14(10)23-2)15(20)19-16(24)18-11-6-8-12(9-7-11)25(17,21)22/h3-9H,1-2H3,(H2,17,21,22)(H2,18,19,20,24). The first-order valence-electron chi connectivity index (χ1n) is 7.11. The Bertz CT molecular complexity index is 909. The summed E-state index contributed by atoms with van der Waals surface area (Å²) in [7, 11) is -2.27. The van der Waals surface area contributed by atoms with Crippen molar-refractivity contribution in [3.63, 3.8) is 0 Å². The number of ether oxygens (including phenoxy) is 1. The molecule has 2 aromatic rings. The third-order valence-electron chi connectivity index (χ3n) is 3.33. The minimum atomic E-state index is -3.76. The lowest BCUT2D eigenvalue weighted by molar-refractivity contribution is 0.0974. The maximum Gasteiger partial charge on any atom is 0.261 e. The molecule has 132 valence electrons. The highest BCUT2D eigenvalue weighted by Crippen LogP contribution is 2.22. The molecular weight excluding hydrogens is 362 g/mol. The van der Waals surface area contributed by atoms with Gasteiger partial charge in [-0.25, -0.2) is 13.6 Å². The van der Waals surface area contributed by atoms with Gasteiger partial charge in [-0.2, -0.15) is 0 Å². The molecule has 2 rings (SSSR count). The van der Waals surface area contributed by atoms with Crippen LogP contribution in [0.2, 0.25) is 0 Å². The van der Waals surface area contributed by atoms with Crippen LogP contribution >= 0.6 is 12.2 Å². The number of nitrogens with one attached hydrogen (secondary N) is 2. The number of hydrogen-bond donors (Lipinski definition) is 3. The summed E-state index contributed by atoms with van der Waals surface area (Å²) >= 11 is 5.10. The van der Waals surface area contributed by atoms with Gasteiger partial charge in [0.05, 0.1) is 17.6 Å². The summed E-state index contributed by atoms with van der Waals surface area (Å²) in [6.07, 6.45) is 0. The smallest absolute Gasteiger partial charge is 0.261 e. The van der Waals surface area contributed by atoms with Gasteiger partial charge in [-0.3, -0.25) is 10.1 Å². The molecule has 9 heteroatoms. The van der Waals surface area contributed by atoms with E-state index in [4.69, 9.17) is 22.1 Å². The van der Waals surface area contributed by atoms with Gasteiger partial charge in [0.25, 0.3) is 5.91 Å². The van der Waals surface area contributed by atoms with Gasteiger partial charge in [-0.05, 0) is 55.0 Å². The van der Waals surface area contributed by atoms with E-state index in [0.29, 0.717) is 17.0 Å². The average molecular weight is 379 g/mol. The minimum Gasteiger partial charge on any atom is -0.496 e. The number of methoxy groups -OCH3 is 1. The van der Waals surface area contributed by atoms with Crippen LogP contribution in [0.3, 0.4) is 0 Å². The fraction of sp³-hybridized carbons (Fsp3) is 0.125. The SMILES string of the molecule is COc1c(C)cccc1C(=O)NC(=S)Nc1ccc(S(N)(=O)=O)cc1.